The number of carbonyl (C=O) groups is 1. The Kier molecular flexibility index (Phi) is 4.46. The third-order valence-corrected chi connectivity index (χ3v) is 3.70. The Labute approximate surface area is 124 Å². The van der Waals surface area contributed by atoms with Gasteiger partial charge in [0.1, 0.15) is 5.69 Å². The minimum absolute atomic E-state index is 0.0463. The van der Waals surface area contributed by atoms with E-state index in [4.69, 9.17) is 4.74 Å². The smallest absolute Gasteiger partial charge is 0.345 e. The van der Waals surface area contributed by atoms with Gasteiger partial charge in [-0.3, -0.25) is 4.79 Å². The van der Waals surface area contributed by atoms with E-state index in [0.29, 0.717) is 12.2 Å². The molecule has 0 aliphatic carbocycles. The second kappa shape index (κ2) is 5.97. The topological polar surface area (TPSA) is 84.1 Å². The predicted molar refractivity (Wildman–Crippen MR) is 79.2 cm³/mol. The van der Waals surface area contributed by atoms with Crippen LogP contribution in [0, 0.1) is 18.3 Å². The first-order valence-corrected chi connectivity index (χ1v) is 7.25. The molecule has 1 amide bonds. The Hall–Kier alpha value is -1.69. The van der Waals surface area contributed by atoms with Gasteiger partial charge in [-0.15, -0.1) is 0 Å². The van der Waals surface area contributed by atoms with Gasteiger partial charge in [0.15, 0.2) is 0 Å². The molecule has 1 saturated heterocycles. The fourth-order valence-corrected chi connectivity index (χ4v) is 2.81. The highest BCUT2D eigenvalue weighted by Gasteiger charge is 2.37. The summed E-state index contributed by atoms with van der Waals surface area (Å²) in [5.41, 5.74) is 0.321. The lowest BCUT2D eigenvalue weighted by Crippen LogP contribution is -2.39. The SMILES string of the molecule is Cc1cc(C(=O)NC[C@H]2CCO[C@@H]2C(C)(C)C)nc(=O)[nH]1. The lowest BCUT2D eigenvalue weighted by molar-refractivity contribution is 0.00736. The van der Waals surface area contributed by atoms with Gasteiger partial charge in [0.2, 0.25) is 0 Å². The molecule has 1 aromatic rings. The molecule has 0 spiro atoms. The number of hydrogen-bond acceptors (Lipinski definition) is 4. The number of rotatable bonds is 3. The van der Waals surface area contributed by atoms with Crippen molar-refractivity contribution in [3.63, 3.8) is 0 Å². The van der Waals surface area contributed by atoms with Crippen LogP contribution in [-0.4, -0.2) is 35.1 Å². The van der Waals surface area contributed by atoms with Crippen molar-refractivity contribution in [2.24, 2.45) is 11.3 Å². The molecule has 2 atom stereocenters. The summed E-state index contributed by atoms with van der Waals surface area (Å²) < 4.78 is 5.78. The maximum absolute atomic E-state index is 12.1. The fraction of sp³-hybridized carbons (Fsp3) is 0.667. The molecule has 0 bridgehead atoms. The number of amides is 1. The molecule has 0 unspecified atom stereocenters. The summed E-state index contributed by atoms with van der Waals surface area (Å²) in [6.45, 7) is 9.40. The van der Waals surface area contributed by atoms with Gasteiger partial charge in [-0.25, -0.2) is 4.79 Å². The van der Waals surface area contributed by atoms with E-state index in [9.17, 15) is 9.59 Å². The van der Waals surface area contributed by atoms with Crippen LogP contribution in [0.15, 0.2) is 10.9 Å². The van der Waals surface area contributed by atoms with Gasteiger partial charge in [-0.1, -0.05) is 20.8 Å². The number of carbonyl (C=O) groups excluding carboxylic acids is 1. The minimum Gasteiger partial charge on any atom is -0.377 e. The molecule has 6 nitrogen and oxygen atoms in total. The maximum atomic E-state index is 12.1. The van der Waals surface area contributed by atoms with E-state index in [-0.39, 0.29) is 29.0 Å². The molecule has 1 aliphatic rings. The van der Waals surface area contributed by atoms with Crippen LogP contribution >= 0.6 is 0 Å². The molecule has 1 fully saturated rings. The molecule has 0 aromatic carbocycles. The van der Waals surface area contributed by atoms with Crippen molar-refractivity contribution < 1.29 is 9.53 Å². The van der Waals surface area contributed by atoms with Crippen LogP contribution in [0.1, 0.15) is 43.4 Å². The van der Waals surface area contributed by atoms with Crippen LogP contribution in [0.25, 0.3) is 0 Å². The Morgan fingerprint density at radius 3 is 2.86 bits per heavy atom. The maximum Gasteiger partial charge on any atom is 0.345 e. The van der Waals surface area contributed by atoms with Crippen molar-refractivity contribution in [2.75, 3.05) is 13.2 Å². The summed E-state index contributed by atoms with van der Waals surface area (Å²) in [5.74, 6) is -0.0270. The summed E-state index contributed by atoms with van der Waals surface area (Å²) in [6.07, 6.45) is 1.07. The highest BCUT2D eigenvalue weighted by molar-refractivity contribution is 5.92. The zero-order chi connectivity index (χ0) is 15.6. The molecule has 21 heavy (non-hydrogen) atoms. The molecule has 0 radical (unpaired) electrons. The predicted octanol–water partition coefficient (Wildman–Crippen LogP) is 1.26. The second-order valence-electron chi connectivity index (χ2n) is 6.67. The van der Waals surface area contributed by atoms with E-state index < -0.39 is 5.69 Å². The lowest BCUT2D eigenvalue weighted by atomic mass is 9.81. The highest BCUT2D eigenvalue weighted by atomic mass is 16.5. The van der Waals surface area contributed by atoms with Gasteiger partial charge in [0.05, 0.1) is 6.10 Å². The summed E-state index contributed by atoms with van der Waals surface area (Å²) in [4.78, 5) is 29.6. The van der Waals surface area contributed by atoms with Crippen molar-refractivity contribution in [3.05, 3.63) is 27.9 Å². The van der Waals surface area contributed by atoms with Crippen molar-refractivity contribution in [1.29, 1.82) is 0 Å². The van der Waals surface area contributed by atoms with Crippen LogP contribution in [0.5, 0.6) is 0 Å². The number of hydrogen-bond donors (Lipinski definition) is 2. The first kappa shape index (κ1) is 15.7. The van der Waals surface area contributed by atoms with E-state index >= 15 is 0 Å². The Bertz CT molecular complexity index is 574. The van der Waals surface area contributed by atoms with E-state index in [1.165, 1.54) is 0 Å². The first-order chi connectivity index (χ1) is 9.77. The van der Waals surface area contributed by atoms with E-state index in [1.807, 2.05) is 0 Å². The monoisotopic (exact) mass is 293 g/mol. The summed E-state index contributed by atoms with van der Waals surface area (Å²) in [7, 11) is 0. The number of nitrogens with zero attached hydrogens (tertiary/aromatic N) is 1. The first-order valence-electron chi connectivity index (χ1n) is 7.25. The number of aromatic amines is 1. The molecule has 6 heteroatoms. The van der Waals surface area contributed by atoms with Crippen molar-refractivity contribution >= 4 is 5.91 Å². The average molecular weight is 293 g/mol. The average Bonchev–Trinajstić information content (AvgIpc) is 2.82. The van der Waals surface area contributed by atoms with Crippen molar-refractivity contribution in [1.82, 2.24) is 15.3 Å². The molecule has 2 heterocycles. The zero-order valence-electron chi connectivity index (χ0n) is 13.0. The number of nitrogens with one attached hydrogen (secondary N) is 2. The molecule has 1 aromatic heterocycles. The van der Waals surface area contributed by atoms with Gasteiger partial charge in [0.25, 0.3) is 5.91 Å². The normalized spacial score (nSPS) is 22.3. The Balaban J connectivity index is 1.99. The van der Waals surface area contributed by atoms with Crippen LogP contribution in [0.4, 0.5) is 0 Å². The second-order valence-corrected chi connectivity index (χ2v) is 6.67. The van der Waals surface area contributed by atoms with Crippen LogP contribution in [-0.2, 0) is 4.74 Å². The quantitative estimate of drug-likeness (QED) is 0.878. The molecule has 2 N–H and O–H groups in total. The van der Waals surface area contributed by atoms with Gasteiger partial charge >= 0.3 is 5.69 Å². The molecule has 116 valence electrons. The van der Waals surface area contributed by atoms with E-state index in [1.54, 1.807) is 13.0 Å². The molecule has 1 aliphatic heterocycles. The third kappa shape index (κ3) is 3.91. The van der Waals surface area contributed by atoms with Gasteiger partial charge in [-0.2, -0.15) is 4.98 Å². The summed E-state index contributed by atoms with van der Waals surface area (Å²) >= 11 is 0. The number of ether oxygens (including phenoxy) is 1. The molecular weight excluding hydrogens is 270 g/mol. The number of aromatic nitrogens is 2. The van der Waals surface area contributed by atoms with Gasteiger partial charge in [-0.05, 0) is 24.8 Å². The number of aryl methyl sites for hydroxylation is 1. The largest absolute Gasteiger partial charge is 0.377 e. The summed E-state index contributed by atoms with van der Waals surface area (Å²) in [5, 5.41) is 2.86. The standard InChI is InChI=1S/C15H23N3O3/c1-9-7-11(18-14(20)17-9)13(19)16-8-10-5-6-21-12(10)15(2,3)4/h7,10,12H,5-6,8H2,1-4H3,(H,16,19)(H,17,18,20)/t10-,12+/m1/s1. The lowest BCUT2D eigenvalue weighted by Gasteiger charge is -2.31. The minimum atomic E-state index is -0.503. The molecular formula is C15H23N3O3. The van der Waals surface area contributed by atoms with Crippen LogP contribution < -0.4 is 11.0 Å². The summed E-state index contributed by atoms with van der Waals surface area (Å²) in [6, 6.07) is 1.57. The molecule has 2 rings (SSSR count). The van der Waals surface area contributed by atoms with Crippen LogP contribution in [0.2, 0.25) is 0 Å². The Morgan fingerprint density at radius 1 is 1.52 bits per heavy atom. The number of H-pyrrole nitrogens is 1. The van der Waals surface area contributed by atoms with Crippen molar-refractivity contribution in [2.45, 2.75) is 40.2 Å². The van der Waals surface area contributed by atoms with Crippen molar-refractivity contribution in [3.8, 4) is 0 Å². The van der Waals surface area contributed by atoms with Gasteiger partial charge in [0, 0.05) is 24.8 Å². The third-order valence-electron chi connectivity index (χ3n) is 3.70. The van der Waals surface area contributed by atoms with E-state index in [2.05, 4.69) is 36.1 Å². The fourth-order valence-electron chi connectivity index (χ4n) is 2.81. The Morgan fingerprint density at radius 2 is 2.24 bits per heavy atom. The zero-order valence-corrected chi connectivity index (χ0v) is 13.0. The van der Waals surface area contributed by atoms with E-state index in [0.717, 1.165) is 13.0 Å². The van der Waals surface area contributed by atoms with Crippen LogP contribution in [0.3, 0.4) is 0 Å². The van der Waals surface area contributed by atoms with Gasteiger partial charge < -0.3 is 15.0 Å². The molecule has 0 saturated carbocycles. The highest BCUT2D eigenvalue weighted by Crippen LogP contribution is 2.34.